The van der Waals surface area contributed by atoms with E-state index < -0.39 is 0 Å². The second kappa shape index (κ2) is 12.4. The molecule has 0 aliphatic carbocycles. The smallest absolute Gasteiger partial charge is 0.302 e. The third-order valence-corrected chi connectivity index (χ3v) is 8.50. The first-order chi connectivity index (χ1) is 19.7. The Balaban J connectivity index is 0.000000227. The second-order valence-corrected chi connectivity index (χ2v) is 13.8. The largest absolute Gasteiger partial charge is 0.461 e. The van der Waals surface area contributed by atoms with Gasteiger partial charge in [-0.15, -0.1) is 0 Å². The van der Waals surface area contributed by atoms with E-state index in [1.54, 1.807) is 4.90 Å². The van der Waals surface area contributed by atoms with Crippen molar-refractivity contribution in [2.24, 2.45) is 0 Å². The van der Waals surface area contributed by atoms with Gasteiger partial charge in [0.15, 0.2) is 0 Å². The summed E-state index contributed by atoms with van der Waals surface area (Å²) in [6.07, 6.45) is 1.75. The molecule has 2 amide bonds. The minimum Gasteiger partial charge on any atom is -0.461 e. The van der Waals surface area contributed by atoms with E-state index in [1.165, 1.54) is 23.6 Å². The fraction of sp³-hybridized carbons (Fsp3) is 0.400. The van der Waals surface area contributed by atoms with Crippen LogP contribution in [0.15, 0.2) is 59.1 Å². The SMILES string of the molecule is CC(=O)OCc1c(Br)cccc1N1CCc2cc(C(C)(C)C)ccc2C1=O.CC(C)(C)c1ccc2c(c1)CCNC2=O. The van der Waals surface area contributed by atoms with Gasteiger partial charge in [-0.25, -0.2) is 0 Å². The van der Waals surface area contributed by atoms with Crippen LogP contribution in [-0.2, 0) is 39.8 Å². The van der Waals surface area contributed by atoms with Crippen molar-refractivity contribution >= 4 is 39.4 Å². The van der Waals surface area contributed by atoms with E-state index in [4.69, 9.17) is 4.74 Å². The van der Waals surface area contributed by atoms with Crippen molar-refractivity contribution in [1.29, 1.82) is 0 Å². The maximum Gasteiger partial charge on any atom is 0.302 e. The fourth-order valence-electron chi connectivity index (χ4n) is 5.20. The zero-order chi connectivity index (χ0) is 30.8. The third-order valence-electron chi connectivity index (χ3n) is 7.75. The number of benzene rings is 3. The van der Waals surface area contributed by atoms with Crippen LogP contribution in [0.5, 0.6) is 0 Å². The molecule has 7 heteroatoms. The lowest BCUT2D eigenvalue weighted by molar-refractivity contribution is -0.142. The van der Waals surface area contributed by atoms with E-state index >= 15 is 0 Å². The predicted octanol–water partition coefficient (Wildman–Crippen LogP) is 7.28. The second-order valence-electron chi connectivity index (χ2n) is 13.0. The topological polar surface area (TPSA) is 75.7 Å². The third kappa shape index (κ3) is 7.12. The van der Waals surface area contributed by atoms with Crippen molar-refractivity contribution in [1.82, 2.24) is 5.32 Å². The molecular formula is C35H41BrN2O4. The van der Waals surface area contributed by atoms with Gasteiger partial charge in [-0.05, 0) is 70.2 Å². The molecule has 0 saturated heterocycles. The average Bonchev–Trinajstić information content (AvgIpc) is 2.92. The molecule has 0 fully saturated rings. The van der Waals surface area contributed by atoms with E-state index in [2.05, 4.69) is 81.0 Å². The molecule has 3 aromatic carbocycles. The Labute approximate surface area is 258 Å². The summed E-state index contributed by atoms with van der Waals surface area (Å²) in [5.74, 6) is -0.294. The summed E-state index contributed by atoms with van der Waals surface area (Å²) in [6, 6.07) is 18.0. The summed E-state index contributed by atoms with van der Waals surface area (Å²) in [5, 5.41) is 2.86. The van der Waals surface area contributed by atoms with Crippen LogP contribution in [0, 0.1) is 0 Å². The summed E-state index contributed by atoms with van der Waals surface area (Å²) in [5.41, 5.74) is 8.20. The van der Waals surface area contributed by atoms with Crippen LogP contribution in [0.4, 0.5) is 5.69 Å². The number of nitrogens with zero attached hydrogens (tertiary/aromatic N) is 1. The van der Waals surface area contributed by atoms with Crippen LogP contribution in [-0.4, -0.2) is 30.9 Å². The number of rotatable bonds is 3. The highest BCUT2D eigenvalue weighted by Gasteiger charge is 2.29. The van der Waals surface area contributed by atoms with Crippen molar-refractivity contribution in [2.75, 3.05) is 18.0 Å². The number of ether oxygens (including phenoxy) is 1. The quantitative estimate of drug-likeness (QED) is 0.308. The lowest BCUT2D eigenvalue weighted by Crippen LogP contribution is -2.38. The number of nitrogens with one attached hydrogen (secondary N) is 1. The average molecular weight is 634 g/mol. The van der Waals surface area contributed by atoms with Crippen molar-refractivity contribution in [3.05, 3.63) is 98.0 Å². The molecule has 0 bridgehead atoms. The molecule has 2 aliphatic heterocycles. The Morgan fingerprint density at radius 1 is 0.881 bits per heavy atom. The Morgan fingerprint density at radius 2 is 1.48 bits per heavy atom. The Morgan fingerprint density at radius 3 is 2.07 bits per heavy atom. The van der Waals surface area contributed by atoms with Gasteiger partial charge < -0.3 is 15.0 Å². The molecule has 0 spiro atoms. The monoisotopic (exact) mass is 632 g/mol. The first-order valence-corrected chi connectivity index (χ1v) is 15.2. The standard InChI is InChI=1S/C22H24BrNO3.C13H17NO/c1-14(25)27-13-18-19(23)6-5-7-20(18)24-11-10-15-12-16(22(2,3)4)8-9-17(15)21(24)26;1-13(2,3)10-4-5-11-9(8-10)6-7-14-12(11)15/h5-9,12H,10-11,13H2,1-4H3;4-5,8H,6-7H2,1-3H3,(H,14,15). The number of carbonyl (C=O) groups excluding carboxylic acids is 3. The normalized spacial score (nSPS) is 14.7. The number of anilines is 1. The molecule has 42 heavy (non-hydrogen) atoms. The van der Waals surface area contributed by atoms with E-state index in [9.17, 15) is 14.4 Å². The van der Waals surface area contributed by atoms with Gasteiger partial charge >= 0.3 is 5.97 Å². The molecule has 222 valence electrons. The number of amides is 2. The summed E-state index contributed by atoms with van der Waals surface area (Å²) in [4.78, 5) is 37.7. The molecule has 0 aromatic heterocycles. The maximum atomic E-state index is 13.2. The zero-order valence-electron chi connectivity index (χ0n) is 25.7. The first kappa shape index (κ1) is 31.5. The molecule has 0 radical (unpaired) electrons. The molecule has 0 saturated carbocycles. The van der Waals surface area contributed by atoms with Gasteiger partial charge in [0, 0.05) is 41.2 Å². The number of halogens is 1. The molecule has 6 nitrogen and oxygen atoms in total. The van der Waals surface area contributed by atoms with Gasteiger partial charge in [-0.3, -0.25) is 14.4 Å². The number of hydrogen-bond donors (Lipinski definition) is 1. The molecule has 2 heterocycles. The zero-order valence-corrected chi connectivity index (χ0v) is 27.3. The van der Waals surface area contributed by atoms with Gasteiger partial charge in [-0.1, -0.05) is 87.8 Å². The highest BCUT2D eigenvalue weighted by molar-refractivity contribution is 9.10. The molecule has 1 N–H and O–H groups in total. The van der Waals surface area contributed by atoms with E-state index in [0.29, 0.717) is 6.54 Å². The van der Waals surface area contributed by atoms with Gasteiger partial charge in [0.2, 0.25) is 0 Å². The lowest BCUT2D eigenvalue weighted by atomic mass is 9.84. The molecule has 5 rings (SSSR count). The van der Waals surface area contributed by atoms with Gasteiger partial charge in [0.05, 0.1) is 5.69 Å². The van der Waals surface area contributed by atoms with Gasteiger partial charge in [0.1, 0.15) is 6.61 Å². The van der Waals surface area contributed by atoms with E-state index in [1.807, 2.05) is 36.4 Å². The summed E-state index contributed by atoms with van der Waals surface area (Å²) in [7, 11) is 0. The first-order valence-electron chi connectivity index (χ1n) is 14.4. The van der Waals surface area contributed by atoms with Crippen LogP contribution in [0.2, 0.25) is 0 Å². The predicted molar refractivity (Wildman–Crippen MR) is 171 cm³/mol. The number of carbonyl (C=O) groups is 3. The molecule has 0 unspecified atom stereocenters. The van der Waals surface area contributed by atoms with Crippen LogP contribution >= 0.6 is 15.9 Å². The van der Waals surface area contributed by atoms with E-state index in [0.717, 1.165) is 51.8 Å². The lowest BCUT2D eigenvalue weighted by Gasteiger charge is -2.31. The van der Waals surface area contributed by atoms with Crippen molar-refractivity contribution in [3.63, 3.8) is 0 Å². The van der Waals surface area contributed by atoms with Crippen molar-refractivity contribution in [2.45, 2.75) is 78.7 Å². The fourth-order valence-corrected chi connectivity index (χ4v) is 5.67. The summed E-state index contributed by atoms with van der Waals surface area (Å²) < 4.78 is 6.01. The Bertz CT molecular complexity index is 1510. The number of fused-ring (bicyclic) bond motifs is 2. The van der Waals surface area contributed by atoms with Crippen molar-refractivity contribution < 1.29 is 19.1 Å². The molecular weight excluding hydrogens is 592 g/mol. The highest BCUT2D eigenvalue weighted by Crippen LogP contribution is 2.34. The van der Waals surface area contributed by atoms with Crippen LogP contribution in [0.3, 0.4) is 0 Å². The van der Waals surface area contributed by atoms with Crippen molar-refractivity contribution in [3.8, 4) is 0 Å². The van der Waals surface area contributed by atoms with E-state index in [-0.39, 0.29) is 35.2 Å². The minimum absolute atomic E-state index is 0.0149. The maximum absolute atomic E-state index is 13.2. The Kier molecular flexibility index (Phi) is 9.31. The van der Waals surface area contributed by atoms with Gasteiger partial charge in [-0.2, -0.15) is 0 Å². The number of hydrogen-bond acceptors (Lipinski definition) is 4. The summed E-state index contributed by atoms with van der Waals surface area (Å²) in [6.45, 7) is 16.0. The van der Waals surface area contributed by atoms with Crippen LogP contribution in [0.1, 0.15) is 97.0 Å². The Hall–Kier alpha value is -3.45. The molecule has 2 aliphatic rings. The van der Waals surface area contributed by atoms with Gasteiger partial charge in [0.25, 0.3) is 11.8 Å². The van der Waals surface area contributed by atoms with Crippen LogP contribution < -0.4 is 10.2 Å². The summed E-state index contributed by atoms with van der Waals surface area (Å²) >= 11 is 3.52. The highest BCUT2D eigenvalue weighted by atomic mass is 79.9. The molecule has 0 atom stereocenters. The number of esters is 1. The van der Waals surface area contributed by atoms with Crippen LogP contribution in [0.25, 0.3) is 0 Å². The minimum atomic E-state index is -0.346. The molecule has 3 aromatic rings.